The molecule has 10 heteroatoms. The summed E-state index contributed by atoms with van der Waals surface area (Å²) >= 11 is 1.29. The third-order valence-electron chi connectivity index (χ3n) is 5.34. The summed E-state index contributed by atoms with van der Waals surface area (Å²) in [7, 11) is -2.35. The number of hydrogen-bond donors (Lipinski definition) is 2. The highest BCUT2D eigenvalue weighted by molar-refractivity contribution is 7.91. The normalized spacial score (nSPS) is 15.5. The number of carbonyl (C=O) groups excluding carboxylic acids is 2. The van der Waals surface area contributed by atoms with Crippen LogP contribution in [-0.4, -0.2) is 33.9 Å². The van der Waals surface area contributed by atoms with Gasteiger partial charge in [0, 0.05) is 22.6 Å². The minimum atomic E-state index is -3.81. The molecule has 0 spiro atoms. The van der Waals surface area contributed by atoms with E-state index >= 15 is 0 Å². The first-order valence-electron chi connectivity index (χ1n) is 10.0. The zero-order chi connectivity index (χ0) is 23.8. The topological polar surface area (TPSA) is 125 Å². The number of ether oxygens (including phenoxy) is 2. The fraction of sp³-hybridized carbons (Fsp3) is 0.217. The minimum absolute atomic E-state index is 0.0813. The Hall–Kier alpha value is -3.37. The van der Waals surface area contributed by atoms with Crippen LogP contribution in [0.5, 0.6) is 11.5 Å². The zero-order valence-corrected chi connectivity index (χ0v) is 19.6. The molecule has 0 aliphatic carbocycles. The van der Waals surface area contributed by atoms with Gasteiger partial charge >= 0.3 is 0 Å². The van der Waals surface area contributed by atoms with E-state index in [-0.39, 0.29) is 34.6 Å². The Balaban J connectivity index is 1.74. The maximum atomic E-state index is 13.3. The van der Waals surface area contributed by atoms with Gasteiger partial charge in [-0.25, -0.2) is 8.42 Å². The average molecular weight is 487 g/mol. The summed E-state index contributed by atoms with van der Waals surface area (Å²) in [6.07, 6.45) is 0.155. The molecule has 0 radical (unpaired) electrons. The monoisotopic (exact) mass is 486 g/mol. The molecule has 33 heavy (non-hydrogen) atoms. The van der Waals surface area contributed by atoms with E-state index in [0.717, 1.165) is 16.0 Å². The maximum absolute atomic E-state index is 13.3. The van der Waals surface area contributed by atoms with Crippen LogP contribution in [0.2, 0.25) is 0 Å². The number of amides is 2. The molecule has 3 N–H and O–H groups in total. The van der Waals surface area contributed by atoms with Gasteiger partial charge in [0.2, 0.25) is 15.7 Å². The van der Waals surface area contributed by atoms with Gasteiger partial charge in [-0.05, 0) is 36.8 Å². The predicted molar refractivity (Wildman–Crippen MR) is 124 cm³/mol. The van der Waals surface area contributed by atoms with Gasteiger partial charge in [-0.1, -0.05) is 23.8 Å². The molecule has 1 aliphatic rings. The van der Waals surface area contributed by atoms with Crippen molar-refractivity contribution in [3.63, 3.8) is 0 Å². The number of hydrogen-bond acceptors (Lipinski definition) is 7. The molecule has 3 aromatic rings. The first kappa shape index (κ1) is 22.8. The van der Waals surface area contributed by atoms with Crippen molar-refractivity contribution in [2.75, 3.05) is 19.0 Å². The SMILES string of the molecule is COc1cc(C2CC(=O)Nc3c(S(=O)(=O)c4ccc(C)cc4)csc32)ccc1OCC(N)=O. The van der Waals surface area contributed by atoms with Gasteiger partial charge in [0.15, 0.2) is 18.1 Å². The van der Waals surface area contributed by atoms with Crippen molar-refractivity contribution in [3.8, 4) is 11.5 Å². The molecular formula is C23H22N2O6S2. The first-order valence-corrected chi connectivity index (χ1v) is 12.4. The highest BCUT2D eigenvalue weighted by atomic mass is 32.2. The summed E-state index contributed by atoms with van der Waals surface area (Å²) < 4.78 is 37.3. The molecule has 4 rings (SSSR count). The Morgan fingerprint density at radius 2 is 1.91 bits per heavy atom. The van der Waals surface area contributed by atoms with Crippen molar-refractivity contribution in [3.05, 3.63) is 63.8 Å². The number of aryl methyl sites for hydroxylation is 1. The Morgan fingerprint density at radius 3 is 2.58 bits per heavy atom. The van der Waals surface area contributed by atoms with Gasteiger partial charge in [0.25, 0.3) is 5.91 Å². The lowest BCUT2D eigenvalue weighted by Crippen LogP contribution is -2.23. The summed E-state index contributed by atoms with van der Waals surface area (Å²) in [6.45, 7) is 1.59. The van der Waals surface area contributed by atoms with Gasteiger partial charge in [-0.3, -0.25) is 9.59 Å². The minimum Gasteiger partial charge on any atom is -0.493 e. The van der Waals surface area contributed by atoms with Crippen LogP contribution in [0, 0.1) is 6.92 Å². The summed E-state index contributed by atoms with van der Waals surface area (Å²) in [4.78, 5) is 24.6. The van der Waals surface area contributed by atoms with Crippen molar-refractivity contribution >= 4 is 38.7 Å². The molecule has 0 saturated heterocycles. The third kappa shape index (κ3) is 4.44. The average Bonchev–Trinajstić information content (AvgIpc) is 3.21. The molecule has 2 amide bonds. The van der Waals surface area contributed by atoms with E-state index in [4.69, 9.17) is 15.2 Å². The van der Waals surface area contributed by atoms with E-state index < -0.39 is 15.7 Å². The molecule has 1 unspecified atom stereocenters. The number of carbonyl (C=O) groups is 2. The van der Waals surface area contributed by atoms with Gasteiger partial charge in [-0.2, -0.15) is 0 Å². The van der Waals surface area contributed by atoms with E-state index in [2.05, 4.69) is 5.32 Å². The number of nitrogens with two attached hydrogens (primary N) is 1. The van der Waals surface area contributed by atoms with Crippen molar-refractivity contribution < 1.29 is 27.5 Å². The number of anilines is 1. The van der Waals surface area contributed by atoms with Gasteiger partial charge in [0.05, 0.1) is 17.7 Å². The van der Waals surface area contributed by atoms with Gasteiger partial charge < -0.3 is 20.5 Å². The van der Waals surface area contributed by atoms with E-state index in [1.165, 1.54) is 18.4 Å². The smallest absolute Gasteiger partial charge is 0.255 e. The lowest BCUT2D eigenvalue weighted by molar-refractivity contribution is -0.120. The van der Waals surface area contributed by atoms with E-state index in [1.54, 1.807) is 47.8 Å². The fourth-order valence-corrected chi connectivity index (χ4v) is 6.59. The predicted octanol–water partition coefficient (Wildman–Crippen LogP) is 3.24. The summed E-state index contributed by atoms with van der Waals surface area (Å²) in [6, 6.07) is 11.7. The quantitative estimate of drug-likeness (QED) is 0.528. The zero-order valence-electron chi connectivity index (χ0n) is 18.0. The number of primary amides is 1. The second-order valence-corrected chi connectivity index (χ2v) is 10.5. The number of methoxy groups -OCH3 is 1. The Morgan fingerprint density at radius 1 is 1.18 bits per heavy atom. The number of benzene rings is 2. The molecule has 0 bridgehead atoms. The summed E-state index contributed by atoms with van der Waals surface area (Å²) in [5, 5.41) is 4.32. The molecule has 1 aromatic heterocycles. The molecule has 2 aromatic carbocycles. The van der Waals surface area contributed by atoms with Crippen molar-refractivity contribution in [1.29, 1.82) is 0 Å². The molecule has 1 aliphatic heterocycles. The molecular weight excluding hydrogens is 464 g/mol. The summed E-state index contributed by atoms with van der Waals surface area (Å²) in [5.74, 6) is -0.533. The van der Waals surface area contributed by atoms with Crippen molar-refractivity contribution in [2.45, 2.75) is 29.1 Å². The summed E-state index contributed by atoms with van der Waals surface area (Å²) in [5.41, 5.74) is 7.16. The lowest BCUT2D eigenvalue weighted by Gasteiger charge is -2.24. The maximum Gasteiger partial charge on any atom is 0.255 e. The fourth-order valence-electron chi connectivity index (χ4n) is 3.68. The second-order valence-electron chi connectivity index (χ2n) is 7.63. The highest BCUT2D eigenvalue weighted by Gasteiger charge is 2.34. The van der Waals surface area contributed by atoms with E-state index in [1.807, 2.05) is 6.92 Å². The number of fused-ring (bicyclic) bond motifs is 1. The molecule has 8 nitrogen and oxygen atoms in total. The molecule has 1 atom stereocenters. The molecule has 172 valence electrons. The van der Waals surface area contributed by atoms with Crippen LogP contribution in [0.3, 0.4) is 0 Å². The Kier molecular flexibility index (Phi) is 6.13. The van der Waals surface area contributed by atoms with E-state index in [9.17, 15) is 18.0 Å². The standard InChI is InChI=1S/C23H22N2O6S2/c1-13-3-6-15(7-4-13)33(28,29)19-12-32-23-16(10-21(27)25-22(19)23)14-5-8-17(18(9-14)30-2)31-11-20(24)26/h3-9,12,16H,10-11H2,1-2H3,(H2,24,26)(H,25,27). The van der Waals surface area contributed by atoms with E-state index in [0.29, 0.717) is 17.2 Å². The van der Waals surface area contributed by atoms with Gasteiger partial charge in [0.1, 0.15) is 4.90 Å². The largest absolute Gasteiger partial charge is 0.493 e. The van der Waals surface area contributed by atoms with Crippen LogP contribution in [0.1, 0.15) is 28.3 Å². The van der Waals surface area contributed by atoms with Crippen LogP contribution >= 0.6 is 11.3 Å². The van der Waals surface area contributed by atoms with Crippen LogP contribution < -0.4 is 20.5 Å². The van der Waals surface area contributed by atoms with Crippen molar-refractivity contribution in [2.24, 2.45) is 5.73 Å². The van der Waals surface area contributed by atoms with Crippen LogP contribution in [0.25, 0.3) is 0 Å². The molecule has 2 heterocycles. The molecule has 0 saturated carbocycles. The van der Waals surface area contributed by atoms with Crippen LogP contribution in [0.15, 0.2) is 57.6 Å². The Bertz CT molecular complexity index is 1330. The van der Waals surface area contributed by atoms with Crippen LogP contribution in [-0.2, 0) is 19.4 Å². The first-order chi connectivity index (χ1) is 15.7. The highest BCUT2D eigenvalue weighted by Crippen LogP contribution is 2.47. The van der Waals surface area contributed by atoms with Crippen molar-refractivity contribution in [1.82, 2.24) is 0 Å². The number of nitrogens with one attached hydrogen (secondary N) is 1. The number of thiophene rings is 1. The van der Waals surface area contributed by atoms with Gasteiger partial charge in [-0.15, -0.1) is 11.3 Å². The second kappa shape index (κ2) is 8.87. The Labute approximate surface area is 195 Å². The third-order valence-corrected chi connectivity index (χ3v) is 8.38. The number of sulfone groups is 1. The van der Waals surface area contributed by atoms with Crippen LogP contribution in [0.4, 0.5) is 5.69 Å². The lowest BCUT2D eigenvalue weighted by atomic mass is 9.90. The molecule has 0 fully saturated rings. The number of rotatable bonds is 7.